The van der Waals surface area contributed by atoms with Crippen LogP contribution in [0.15, 0.2) is 400 Å². The highest BCUT2D eigenvalue weighted by Crippen LogP contribution is 2.57. The molecule has 102 heavy (non-hydrogen) atoms. The second-order valence-corrected chi connectivity index (χ2v) is 31.4. The average molecular weight is 1350 g/mol. The normalized spacial score (nSPS) is 12.5. The van der Waals surface area contributed by atoms with Gasteiger partial charge in [0.2, 0.25) is 0 Å². The van der Waals surface area contributed by atoms with Gasteiger partial charge in [-0.05, 0) is 177 Å². The van der Waals surface area contributed by atoms with Crippen LogP contribution in [0.4, 0.5) is 68.2 Å². The first-order valence-electron chi connectivity index (χ1n) is 34.5. The van der Waals surface area contributed by atoms with Crippen LogP contribution in [0.5, 0.6) is 0 Å². The van der Waals surface area contributed by atoms with Gasteiger partial charge in [0.15, 0.2) is 14.3 Å². The number of rotatable bonds is 14. The van der Waals surface area contributed by atoms with Crippen molar-refractivity contribution in [2.75, 3.05) is 19.6 Å². The summed E-state index contributed by atoms with van der Waals surface area (Å²) in [6, 6.07) is 140. The topological polar surface area (TPSA) is 47.1 Å². The van der Waals surface area contributed by atoms with E-state index in [1.165, 1.54) is 0 Å². The smallest absolute Gasteiger partial charge is 0.171 e. The molecule has 16 aromatic carbocycles. The van der Waals surface area contributed by atoms with Crippen molar-refractivity contribution in [3.63, 3.8) is 0 Å². The first-order valence-corrected chi connectivity index (χ1v) is 37.9. The van der Waals surface area contributed by atoms with Crippen LogP contribution in [-0.4, -0.2) is 0 Å². The van der Waals surface area contributed by atoms with Crippen molar-refractivity contribution in [2.24, 2.45) is 0 Å². The molecule has 484 valence electrons. The highest BCUT2D eigenvalue weighted by atomic mass is 31.2. The zero-order chi connectivity index (χ0) is 68.1. The van der Waals surface area contributed by atoms with Crippen LogP contribution in [0.25, 0.3) is 55.3 Å². The molecular weight excluding hydrogens is 1280 g/mol. The largest absolute Gasteiger partial charge is 0.309 e. The lowest BCUT2D eigenvalue weighted by Gasteiger charge is -2.40. The number of hydrogen-bond acceptors (Lipinski definition) is 6. The fourth-order valence-corrected chi connectivity index (χ4v) is 20.6. The summed E-state index contributed by atoms with van der Waals surface area (Å²) in [7, 11) is -6.65. The van der Waals surface area contributed by atoms with Crippen molar-refractivity contribution >= 4 is 125 Å². The number of anilines is 12. The second kappa shape index (κ2) is 25.9. The lowest BCUT2D eigenvalue weighted by Crippen LogP contribution is -2.24. The molecule has 0 aromatic heterocycles. The van der Waals surface area contributed by atoms with Crippen molar-refractivity contribution in [1.82, 2.24) is 0 Å². The van der Waals surface area contributed by atoms with Crippen LogP contribution in [-0.2, 0) is 9.13 Å². The number of fused-ring (bicyclic) bond motifs is 5. The third kappa shape index (κ3) is 10.7. The molecule has 0 saturated carbocycles. The van der Waals surface area contributed by atoms with E-state index in [0.717, 1.165) is 155 Å². The summed E-state index contributed by atoms with van der Waals surface area (Å²) in [6.45, 7) is 0. The predicted molar refractivity (Wildman–Crippen MR) is 430 cm³/mol. The minimum absolute atomic E-state index is 0.750. The maximum Gasteiger partial charge on any atom is 0.171 e. The standard InChI is InChI=1S/C94H66N4O2P2/c99-101(78-37-11-3-12-38-78,79-39-13-4-14-40-79)82-57-53-67(54-58-82)71-61-73-62-72(69-29-27-35-76(63-69)97-90-49-23-19-45-86(90)95(74-31-7-1-8-32-74)87-46-20-24-50-91(87)97)66-84(68-55-59-83(60-56-68)102(100,80-41-15-5-16-42-80)81-43-17-6-18-44-81)94(73)85(65-71)70-30-28-36-77(64-70)98-92-51-25-21-47-88(92)96(75-33-9-2-10-34-75)89-48-22-26-52-93(89)98/h1-66H. The summed E-state index contributed by atoms with van der Waals surface area (Å²) in [6.07, 6.45) is 0. The lowest BCUT2D eigenvalue weighted by molar-refractivity contribution is 0.591. The number of para-hydroxylation sites is 10. The molecule has 0 atom stereocenters. The molecule has 0 fully saturated rings. The molecular formula is C94H66N4O2P2. The Morgan fingerprint density at radius 1 is 0.176 bits per heavy atom. The Labute approximate surface area is 595 Å². The van der Waals surface area contributed by atoms with Gasteiger partial charge in [-0.15, -0.1) is 0 Å². The van der Waals surface area contributed by atoms with Crippen LogP contribution < -0.4 is 51.4 Å². The van der Waals surface area contributed by atoms with Crippen LogP contribution >= 0.6 is 14.3 Å². The Bertz CT molecular complexity index is 5720. The molecule has 2 heterocycles. The first kappa shape index (κ1) is 61.7. The molecule has 6 nitrogen and oxygen atoms in total. The number of benzene rings is 16. The van der Waals surface area contributed by atoms with Gasteiger partial charge in [-0.3, -0.25) is 0 Å². The first-order chi connectivity index (χ1) is 50.4. The van der Waals surface area contributed by atoms with E-state index in [9.17, 15) is 0 Å². The minimum atomic E-state index is -3.35. The quantitative estimate of drug-likeness (QED) is 0.101. The molecule has 18 rings (SSSR count). The molecule has 16 aromatic rings. The Morgan fingerprint density at radius 3 is 0.784 bits per heavy atom. The van der Waals surface area contributed by atoms with Crippen LogP contribution in [0.1, 0.15) is 0 Å². The average Bonchev–Trinajstić information content (AvgIpc) is 0.731. The van der Waals surface area contributed by atoms with Gasteiger partial charge in [-0.25, -0.2) is 0 Å². The van der Waals surface area contributed by atoms with Crippen LogP contribution in [0.3, 0.4) is 0 Å². The Hall–Kier alpha value is -12.6. The van der Waals surface area contributed by atoms with E-state index in [1.807, 2.05) is 121 Å². The van der Waals surface area contributed by atoms with Gasteiger partial charge in [0.05, 0.1) is 45.5 Å². The van der Waals surface area contributed by atoms with Gasteiger partial charge in [-0.2, -0.15) is 0 Å². The molecule has 0 bridgehead atoms. The Kier molecular flexibility index (Phi) is 15.7. The lowest BCUT2D eigenvalue weighted by atomic mass is 9.86. The summed E-state index contributed by atoms with van der Waals surface area (Å²) in [5.41, 5.74) is 20.8. The van der Waals surface area contributed by atoms with E-state index in [0.29, 0.717) is 0 Å². The van der Waals surface area contributed by atoms with E-state index in [-0.39, 0.29) is 0 Å². The second-order valence-electron chi connectivity index (χ2n) is 25.9. The summed E-state index contributed by atoms with van der Waals surface area (Å²) < 4.78 is 32.1. The van der Waals surface area contributed by atoms with Crippen molar-refractivity contribution in [3.8, 4) is 44.5 Å². The number of hydrogen-bond donors (Lipinski definition) is 0. The number of nitrogens with zero attached hydrogens (tertiary/aromatic N) is 4. The van der Waals surface area contributed by atoms with Crippen molar-refractivity contribution in [3.05, 3.63) is 400 Å². The zero-order valence-corrected chi connectivity index (χ0v) is 57.4. The molecule has 0 saturated heterocycles. The summed E-state index contributed by atoms with van der Waals surface area (Å²) in [4.78, 5) is 9.51. The van der Waals surface area contributed by atoms with Gasteiger partial charge in [0.25, 0.3) is 0 Å². The van der Waals surface area contributed by atoms with Gasteiger partial charge in [0, 0.05) is 54.6 Å². The van der Waals surface area contributed by atoms with Crippen LogP contribution in [0, 0.1) is 0 Å². The van der Waals surface area contributed by atoms with Gasteiger partial charge in [0.1, 0.15) is 0 Å². The molecule has 2 aliphatic heterocycles. The Balaban J connectivity index is 0.865. The maximum atomic E-state index is 16.1. The van der Waals surface area contributed by atoms with E-state index in [1.54, 1.807) is 0 Å². The van der Waals surface area contributed by atoms with Gasteiger partial charge in [-0.1, -0.05) is 279 Å². The Morgan fingerprint density at radius 2 is 0.431 bits per heavy atom. The van der Waals surface area contributed by atoms with Gasteiger partial charge < -0.3 is 28.7 Å². The van der Waals surface area contributed by atoms with Crippen molar-refractivity contribution in [1.29, 1.82) is 0 Å². The van der Waals surface area contributed by atoms with E-state index < -0.39 is 14.3 Å². The minimum Gasteiger partial charge on any atom is -0.309 e. The summed E-state index contributed by atoms with van der Waals surface area (Å²) >= 11 is 0. The third-order valence-corrected chi connectivity index (χ3v) is 26.1. The molecule has 0 spiro atoms. The molecule has 0 N–H and O–H groups in total. The van der Waals surface area contributed by atoms with E-state index in [4.69, 9.17) is 0 Å². The zero-order valence-electron chi connectivity index (χ0n) is 55.6. The SMILES string of the molecule is O=P(c1ccccc1)(c1ccccc1)c1ccc(-c2cc(-c3cccc(N4c5ccccc5N(c5ccccc5)c5ccccc54)c3)c3c(-c4ccc(P(=O)(c5ccccc5)c5ccccc5)cc4)cc(-c4cccc(N5c6ccccc6N(c6ccccc6)c6ccccc65)c4)cc3c2)cc1. The molecule has 0 aliphatic carbocycles. The van der Waals surface area contributed by atoms with E-state index >= 15 is 9.13 Å². The molecule has 2 aliphatic rings. The summed E-state index contributed by atoms with van der Waals surface area (Å²) in [5, 5.41) is 6.71. The maximum absolute atomic E-state index is 16.1. The van der Waals surface area contributed by atoms with E-state index in [2.05, 4.69) is 299 Å². The molecule has 0 radical (unpaired) electrons. The summed E-state index contributed by atoms with van der Waals surface area (Å²) in [5.74, 6) is 0. The molecule has 8 heteroatoms. The highest BCUT2D eigenvalue weighted by Gasteiger charge is 2.35. The monoisotopic (exact) mass is 1340 g/mol. The predicted octanol–water partition coefficient (Wildman–Crippen LogP) is 23.3. The highest BCUT2D eigenvalue weighted by molar-refractivity contribution is 7.85. The molecule has 0 amide bonds. The van der Waals surface area contributed by atoms with Crippen molar-refractivity contribution < 1.29 is 9.13 Å². The molecule has 0 unspecified atom stereocenters. The third-order valence-electron chi connectivity index (χ3n) is 20.0. The fraction of sp³-hybridized carbons (Fsp3) is 0. The van der Waals surface area contributed by atoms with Crippen LogP contribution in [0.2, 0.25) is 0 Å². The fourth-order valence-electron chi connectivity index (χ4n) is 15.3. The van der Waals surface area contributed by atoms with Gasteiger partial charge >= 0.3 is 0 Å². The van der Waals surface area contributed by atoms with Crippen molar-refractivity contribution in [2.45, 2.75) is 0 Å².